The van der Waals surface area contributed by atoms with Crippen molar-refractivity contribution in [1.29, 1.82) is 0 Å². The van der Waals surface area contributed by atoms with Crippen LogP contribution in [0.3, 0.4) is 0 Å². The molecule has 0 radical (unpaired) electrons. The predicted molar refractivity (Wildman–Crippen MR) is 143 cm³/mol. The molecule has 1 saturated heterocycles. The summed E-state index contributed by atoms with van der Waals surface area (Å²) in [6, 6.07) is 5.29. The number of carbonyl (C=O) groups excluding carboxylic acids is 1. The smallest absolute Gasteiger partial charge is 0.240 e. The van der Waals surface area contributed by atoms with E-state index in [0.29, 0.717) is 31.4 Å². The predicted octanol–water partition coefficient (Wildman–Crippen LogP) is 4.44. The number of aryl methyl sites for hydroxylation is 1. The molecular weight excluding hydrogens is 488 g/mol. The second-order valence-electron chi connectivity index (χ2n) is 13.4. The lowest BCUT2D eigenvalue weighted by molar-refractivity contribution is -0.138. The standard InChI is InChI=1S/C29H44N2O5S/c1-18(2)25(32)31-26-28(5,6)20-16-22-24(35-14-12-29(22,26)17-20)10-13-30-37(33,34)21-7-8-23-19(15-21)9-11-27(3,4)36-23/h7-8,15,18,20,22,24,26,30H,9-14,16-17H2,1-6H3,(H,31,32)/t20-,22-,24-,26+,29?/m1/s1. The van der Waals surface area contributed by atoms with Gasteiger partial charge in [-0.2, -0.15) is 0 Å². The third-order valence-electron chi connectivity index (χ3n) is 9.88. The fourth-order valence-electron chi connectivity index (χ4n) is 7.72. The number of benzene rings is 1. The molecule has 2 aliphatic heterocycles. The Labute approximate surface area is 222 Å². The fourth-order valence-corrected chi connectivity index (χ4v) is 8.82. The minimum atomic E-state index is -3.63. The van der Waals surface area contributed by atoms with E-state index in [1.54, 1.807) is 18.2 Å². The van der Waals surface area contributed by atoms with Gasteiger partial charge in [0.25, 0.3) is 0 Å². The molecule has 2 saturated carbocycles. The minimum absolute atomic E-state index is 0.00448. The van der Waals surface area contributed by atoms with Crippen molar-refractivity contribution in [3.05, 3.63) is 23.8 Å². The quantitative estimate of drug-likeness (QED) is 0.542. The summed E-state index contributed by atoms with van der Waals surface area (Å²) in [5.74, 6) is 1.73. The first-order valence-electron chi connectivity index (χ1n) is 14.0. The van der Waals surface area contributed by atoms with Crippen molar-refractivity contribution in [1.82, 2.24) is 10.0 Å². The Balaban J connectivity index is 1.25. The summed E-state index contributed by atoms with van der Waals surface area (Å²) in [5.41, 5.74) is 0.802. The van der Waals surface area contributed by atoms with Crippen molar-refractivity contribution in [3.63, 3.8) is 0 Å². The van der Waals surface area contributed by atoms with Crippen LogP contribution < -0.4 is 14.8 Å². The van der Waals surface area contributed by atoms with E-state index in [1.165, 1.54) is 0 Å². The SMILES string of the molecule is CC(C)C(=O)N[C@H]1C(C)(C)[C@@H]2C[C@@H]3[C@@H](CCNS(=O)(=O)c4ccc5c(c4)CCC(C)(C)O5)OCCC31C2. The Morgan fingerprint density at radius 2 is 1.92 bits per heavy atom. The van der Waals surface area contributed by atoms with Crippen molar-refractivity contribution in [2.75, 3.05) is 13.2 Å². The first-order chi connectivity index (χ1) is 17.3. The van der Waals surface area contributed by atoms with Crippen molar-refractivity contribution in [2.45, 2.75) is 103 Å². The van der Waals surface area contributed by atoms with Gasteiger partial charge in [-0.1, -0.05) is 27.7 Å². The second kappa shape index (κ2) is 9.23. The van der Waals surface area contributed by atoms with Gasteiger partial charge in [-0.15, -0.1) is 0 Å². The summed E-state index contributed by atoms with van der Waals surface area (Å²) in [4.78, 5) is 13.0. The Kier molecular flexibility index (Phi) is 6.72. The molecule has 2 heterocycles. The topological polar surface area (TPSA) is 93.7 Å². The Hall–Kier alpha value is -1.64. The van der Waals surface area contributed by atoms with Gasteiger partial charge in [0.05, 0.1) is 11.0 Å². The summed E-state index contributed by atoms with van der Waals surface area (Å²) in [6.45, 7) is 13.6. The van der Waals surface area contributed by atoms with E-state index in [-0.39, 0.29) is 45.3 Å². The zero-order chi connectivity index (χ0) is 26.8. The number of fused-ring (bicyclic) bond motifs is 2. The second-order valence-corrected chi connectivity index (χ2v) is 15.1. The molecule has 2 N–H and O–H groups in total. The largest absolute Gasteiger partial charge is 0.488 e. The molecule has 206 valence electrons. The minimum Gasteiger partial charge on any atom is -0.488 e. The number of rotatable bonds is 7. The Bertz CT molecular complexity index is 1160. The van der Waals surface area contributed by atoms with E-state index in [9.17, 15) is 13.2 Å². The molecule has 7 nitrogen and oxygen atoms in total. The summed E-state index contributed by atoms with van der Waals surface area (Å²) in [6.07, 6.45) is 5.44. The average molecular weight is 533 g/mol. The molecule has 1 amide bonds. The number of amides is 1. The van der Waals surface area contributed by atoms with Crippen LogP contribution in [0.4, 0.5) is 0 Å². The van der Waals surface area contributed by atoms with Gasteiger partial charge in [0.2, 0.25) is 15.9 Å². The van der Waals surface area contributed by atoms with Crippen molar-refractivity contribution < 1.29 is 22.7 Å². The molecule has 1 spiro atoms. The lowest BCUT2D eigenvalue weighted by Crippen LogP contribution is -2.60. The molecule has 0 aromatic heterocycles. The van der Waals surface area contributed by atoms with Crippen LogP contribution in [0.5, 0.6) is 5.75 Å². The molecule has 5 atom stereocenters. The molecule has 37 heavy (non-hydrogen) atoms. The number of sulfonamides is 1. The third kappa shape index (κ3) is 4.71. The van der Waals surface area contributed by atoms with Crippen LogP contribution in [-0.4, -0.2) is 45.2 Å². The first kappa shape index (κ1) is 26.9. The molecule has 5 rings (SSSR count). The maximum absolute atomic E-state index is 13.1. The normalized spacial score (nSPS) is 33.5. The van der Waals surface area contributed by atoms with Crippen molar-refractivity contribution >= 4 is 15.9 Å². The fraction of sp³-hybridized carbons (Fsp3) is 0.759. The van der Waals surface area contributed by atoms with Crippen molar-refractivity contribution in [3.8, 4) is 5.75 Å². The highest BCUT2D eigenvalue weighted by atomic mass is 32.2. The molecule has 3 fully saturated rings. The zero-order valence-electron chi connectivity index (χ0n) is 23.2. The maximum Gasteiger partial charge on any atom is 0.240 e. The van der Waals surface area contributed by atoms with E-state index in [0.717, 1.165) is 43.4 Å². The Morgan fingerprint density at radius 3 is 2.65 bits per heavy atom. The maximum atomic E-state index is 13.1. The highest BCUT2D eigenvalue weighted by Gasteiger charge is 2.68. The Morgan fingerprint density at radius 1 is 1.16 bits per heavy atom. The van der Waals surface area contributed by atoms with Crippen LogP contribution in [0.1, 0.15) is 79.2 Å². The van der Waals surface area contributed by atoms with Crippen LogP contribution in [-0.2, 0) is 26.0 Å². The van der Waals surface area contributed by atoms with E-state index in [2.05, 4.69) is 37.7 Å². The van der Waals surface area contributed by atoms with Crippen LogP contribution in [0.15, 0.2) is 23.1 Å². The van der Waals surface area contributed by atoms with Crippen molar-refractivity contribution in [2.24, 2.45) is 28.6 Å². The van der Waals surface area contributed by atoms with E-state index < -0.39 is 10.0 Å². The number of nitrogens with one attached hydrogen (secondary N) is 2. The van der Waals surface area contributed by atoms with E-state index >= 15 is 0 Å². The zero-order valence-corrected chi connectivity index (χ0v) is 24.0. The van der Waals surface area contributed by atoms with E-state index in [1.807, 2.05) is 13.8 Å². The number of carbonyl (C=O) groups is 1. The highest BCUT2D eigenvalue weighted by Crippen LogP contribution is 2.68. The number of hydrogen-bond acceptors (Lipinski definition) is 5. The summed E-state index contributed by atoms with van der Waals surface area (Å²) in [5, 5.41) is 3.43. The van der Waals surface area contributed by atoms with Crippen LogP contribution in [0, 0.1) is 28.6 Å². The molecule has 2 bridgehead atoms. The van der Waals surface area contributed by atoms with Crippen LogP contribution in [0.25, 0.3) is 0 Å². The highest BCUT2D eigenvalue weighted by molar-refractivity contribution is 7.89. The molecule has 4 aliphatic rings. The van der Waals surface area contributed by atoms with Gasteiger partial charge in [0.1, 0.15) is 11.4 Å². The van der Waals surface area contributed by atoms with Gasteiger partial charge in [-0.05, 0) is 98.8 Å². The van der Waals surface area contributed by atoms with Gasteiger partial charge in [0, 0.05) is 25.1 Å². The van der Waals surface area contributed by atoms with Gasteiger partial charge in [-0.3, -0.25) is 4.79 Å². The van der Waals surface area contributed by atoms with Gasteiger partial charge in [-0.25, -0.2) is 13.1 Å². The van der Waals surface area contributed by atoms with Gasteiger partial charge >= 0.3 is 0 Å². The molecular formula is C29H44N2O5S. The summed E-state index contributed by atoms with van der Waals surface area (Å²) >= 11 is 0. The summed E-state index contributed by atoms with van der Waals surface area (Å²) < 4.78 is 41.3. The first-order valence-corrected chi connectivity index (χ1v) is 15.5. The molecule has 1 aromatic carbocycles. The van der Waals surface area contributed by atoms with Crippen LogP contribution in [0.2, 0.25) is 0 Å². The molecule has 1 unspecified atom stereocenters. The monoisotopic (exact) mass is 532 g/mol. The lowest BCUT2D eigenvalue weighted by atomic mass is 9.59. The third-order valence-corrected chi connectivity index (χ3v) is 11.3. The van der Waals surface area contributed by atoms with Gasteiger partial charge in [0.15, 0.2) is 0 Å². The molecule has 2 aliphatic carbocycles. The summed E-state index contributed by atoms with van der Waals surface area (Å²) in [7, 11) is -3.63. The van der Waals surface area contributed by atoms with Gasteiger partial charge < -0.3 is 14.8 Å². The van der Waals surface area contributed by atoms with E-state index in [4.69, 9.17) is 9.47 Å². The van der Waals surface area contributed by atoms with Crippen LogP contribution >= 0.6 is 0 Å². The number of hydrogen-bond donors (Lipinski definition) is 2. The molecule has 8 heteroatoms. The molecule has 1 aromatic rings. The lowest BCUT2D eigenvalue weighted by Gasteiger charge is -2.53. The number of ether oxygens (including phenoxy) is 2. The average Bonchev–Trinajstić information content (AvgIpc) is 3.31.